The summed E-state index contributed by atoms with van der Waals surface area (Å²) >= 11 is 6.96. The molecule has 0 unspecified atom stereocenters. The molecule has 0 atom stereocenters. The van der Waals surface area contributed by atoms with E-state index in [1.165, 1.54) is 24.3 Å². The third-order valence-corrected chi connectivity index (χ3v) is 6.90. The van der Waals surface area contributed by atoms with Crippen LogP contribution in [0.5, 0.6) is 0 Å². The predicted octanol–water partition coefficient (Wildman–Crippen LogP) is 4.32. The number of aromatic nitrogens is 1. The van der Waals surface area contributed by atoms with Crippen molar-refractivity contribution in [1.29, 1.82) is 0 Å². The van der Waals surface area contributed by atoms with E-state index in [2.05, 4.69) is 15.0 Å². The molecule has 0 saturated heterocycles. The lowest BCUT2D eigenvalue weighted by Gasteiger charge is -2.04. The van der Waals surface area contributed by atoms with E-state index < -0.39 is 10.0 Å². The lowest BCUT2D eigenvalue weighted by molar-refractivity contribution is 0.0954. The maximum absolute atomic E-state index is 12.5. The number of carbonyl (C=O) groups is 1. The number of thiazole rings is 1. The van der Waals surface area contributed by atoms with E-state index in [0.29, 0.717) is 33.8 Å². The van der Waals surface area contributed by atoms with Gasteiger partial charge in [-0.1, -0.05) is 22.9 Å². The Morgan fingerprint density at radius 2 is 1.93 bits per heavy atom. The largest absolute Gasteiger partial charge is 0.469 e. The van der Waals surface area contributed by atoms with E-state index in [1.807, 2.05) is 6.07 Å². The van der Waals surface area contributed by atoms with Crippen LogP contribution >= 0.6 is 22.9 Å². The molecule has 0 bridgehead atoms. The van der Waals surface area contributed by atoms with Crippen molar-refractivity contribution >= 4 is 54.2 Å². The number of halogens is 1. The Bertz CT molecular complexity index is 1280. The van der Waals surface area contributed by atoms with Crippen LogP contribution in [-0.2, 0) is 16.4 Å². The molecule has 30 heavy (non-hydrogen) atoms. The van der Waals surface area contributed by atoms with Gasteiger partial charge in [-0.25, -0.2) is 13.4 Å². The van der Waals surface area contributed by atoms with Crippen LogP contribution in [0, 0.1) is 0 Å². The quantitative estimate of drug-likeness (QED) is 0.427. The zero-order valence-corrected chi connectivity index (χ0v) is 17.9. The topological polar surface area (TPSA) is 101 Å². The summed E-state index contributed by atoms with van der Waals surface area (Å²) in [5, 5.41) is 3.50. The Kier molecular flexibility index (Phi) is 5.76. The standard InChI is InChI=1S/C20H16ClN3O4S2/c21-14-4-6-16(7-5-14)30(26,27)24-20-23-17-8-3-13(12-18(17)29-20)19(25)22-10-9-15-2-1-11-28-15/h1-8,11-12H,9-10H2,(H,22,25)(H,23,24). The highest BCUT2D eigenvalue weighted by atomic mass is 35.5. The average Bonchev–Trinajstić information content (AvgIpc) is 3.36. The number of hydrogen-bond acceptors (Lipinski definition) is 6. The summed E-state index contributed by atoms with van der Waals surface area (Å²) in [5.74, 6) is 0.575. The Balaban J connectivity index is 1.46. The van der Waals surface area contributed by atoms with Crippen LogP contribution in [0.25, 0.3) is 10.2 Å². The Morgan fingerprint density at radius 3 is 2.67 bits per heavy atom. The summed E-state index contributed by atoms with van der Waals surface area (Å²) in [4.78, 5) is 16.8. The van der Waals surface area contributed by atoms with E-state index in [1.54, 1.807) is 30.5 Å². The van der Waals surface area contributed by atoms with Crippen LogP contribution in [0.3, 0.4) is 0 Å². The normalized spacial score (nSPS) is 11.5. The zero-order chi connectivity index (χ0) is 21.1. The number of fused-ring (bicyclic) bond motifs is 1. The second-order valence-corrected chi connectivity index (χ2v) is 9.50. The van der Waals surface area contributed by atoms with Crippen LogP contribution < -0.4 is 10.0 Å². The summed E-state index contributed by atoms with van der Waals surface area (Å²) in [6.45, 7) is 0.444. The summed E-state index contributed by atoms with van der Waals surface area (Å²) < 4.78 is 33.4. The summed E-state index contributed by atoms with van der Waals surface area (Å²) in [6.07, 6.45) is 2.19. The first kappa shape index (κ1) is 20.4. The van der Waals surface area contributed by atoms with Crippen molar-refractivity contribution in [1.82, 2.24) is 10.3 Å². The smallest absolute Gasteiger partial charge is 0.263 e. The first-order valence-electron chi connectivity index (χ1n) is 8.90. The molecule has 2 N–H and O–H groups in total. The van der Waals surface area contributed by atoms with Gasteiger partial charge < -0.3 is 9.73 Å². The highest BCUT2D eigenvalue weighted by Gasteiger charge is 2.17. The molecule has 0 saturated carbocycles. The van der Waals surface area contributed by atoms with E-state index >= 15 is 0 Å². The molecule has 4 rings (SSSR count). The van der Waals surface area contributed by atoms with Gasteiger partial charge in [-0.05, 0) is 54.6 Å². The van der Waals surface area contributed by atoms with Gasteiger partial charge in [0.05, 0.1) is 21.4 Å². The van der Waals surface area contributed by atoms with Crippen LogP contribution in [0.15, 0.2) is 70.2 Å². The number of hydrogen-bond donors (Lipinski definition) is 2. The van der Waals surface area contributed by atoms with Gasteiger partial charge in [0.15, 0.2) is 5.13 Å². The minimum Gasteiger partial charge on any atom is -0.469 e. The molecule has 2 aromatic carbocycles. The van der Waals surface area contributed by atoms with E-state index in [0.717, 1.165) is 17.1 Å². The molecule has 2 heterocycles. The number of nitrogens with zero attached hydrogens (tertiary/aromatic N) is 1. The molecule has 10 heteroatoms. The molecule has 154 valence electrons. The van der Waals surface area contributed by atoms with Crippen molar-refractivity contribution in [3.05, 3.63) is 77.2 Å². The fraction of sp³-hybridized carbons (Fsp3) is 0.100. The maximum atomic E-state index is 12.5. The zero-order valence-electron chi connectivity index (χ0n) is 15.5. The number of amides is 1. The van der Waals surface area contributed by atoms with E-state index in [-0.39, 0.29) is 15.9 Å². The molecule has 7 nitrogen and oxygen atoms in total. The van der Waals surface area contributed by atoms with Crippen molar-refractivity contribution in [2.24, 2.45) is 0 Å². The van der Waals surface area contributed by atoms with Crippen molar-refractivity contribution in [3.63, 3.8) is 0 Å². The van der Waals surface area contributed by atoms with Crippen molar-refractivity contribution < 1.29 is 17.6 Å². The number of rotatable bonds is 7. The van der Waals surface area contributed by atoms with Crippen molar-refractivity contribution in [3.8, 4) is 0 Å². The number of benzene rings is 2. The molecule has 0 radical (unpaired) electrons. The number of carbonyl (C=O) groups excluding carboxylic acids is 1. The summed E-state index contributed by atoms with van der Waals surface area (Å²) in [5.41, 5.74) is 1.07. The molecule has 0 spiro atoms. The second kappa shape index (κ2) is 8.47. The SMILES string of the molecule is O=C(NCCc1ccco1)c1ccc2nc(NS(=O)(=O)c3ccc(Cl)cc3)sc2c1. The van der Waals surface area contributed by atoms with Crippen LogP contribution in [-0.4, -0.2) is 25.9 Å². The molecule has 0 aliphatic rings. The molecule has 2 aromatic heterocycles. The van der Waals surface area contributed by atoms with Crippen molar-refractivity contribution in [2.75, 3.05) is 11.3 Å². The number of sulfonamides is 1. The van der Waals surface area contributed by atoms with Crippen LogP contribution in [0.2, 0.25) is 5.02 Å². The lowest BCUT2D eigenvalue weighted by Crippen LogP contribution is -2.25. The molecule has 4 aromatic rings. The van der Waals surface area contributed by atoms with Gasteiger partial charge in [0.25, 0.3) is 15.9 Å². The number of furan rings is 1. The number of anilines is 1. The third-order valence-electron chi connectivity index (χ3n) is 4.23. The van der Waals surface area contributed by atoms with E-state index in [9.17, 15) is 13.2 Å². The van der Waals surface area contributed by atoms with Crippen LogP contribution in [0.1, 0.15) is 16.1 Å². The molecule has 0 aliphatic heterocycles. The Hall–Kier alpha value is -2.88. The second-order valence-electron chi connectivity index (χ2n) is 6.35. The van der Waals surface area contributed by atoms with Gasteiger partial charge in [-0.2, -0.15) is 0 Å². The first-order chi connectivity index (χ1) is 14.4. The van der Waals surface area contributed by atoms with E-state index in [4.69, 9.17) is 16.0 Å². The molecule has 1 amide bonds. The first-order valence-corrected chi connectivity index (χ1v) is 11.6. The van der Waals surface area contributed by atoms with Gasteiger partial charge in [0.2, 0.25) is 0 Å². The summed E-state index contributed by atoms with van der Waals surface area (Å²) in [6, 6.07) is 14.5. The van der Waals surface area contributed by atoms with Gasteiger partial charge >= 0.3 is 0 Å². The third kappa shape index (κ3) is 4.64. The highest BCUT2D eigenvalue weighted by Crippen LogP contribution is 2.28. The lowest BCUT2D eigenvalue weighted by atomic mass is 10.2. The van der Waals surface area contributed by atoms with Gasteiger partial charge in [0.1, 0.15) is 5.76 Å². The van der Waals surface area contributed by atoms with Crippen molar-refractivity contribution in [2.45, 2.75) is 11.3 Å². The fourth-order valence-electron chi connectivity index (χ4n) is 2.75. The predicted molar refractivity (Wildman–Crippen MR) is 117 cm³/mol. The summed E-state index contributed by atoms with van der Waals surface area (Å²) in [7, 11) is -3.79. The molecular formula is C20H16ClN3O4S2. The fourth-order valence-corrected chi connectivity index (χ4v) is 5.02. The molecule has 0 aliphatic carbocycles. The minimum atomic E-state index is -3.79. The Labute approximate surface area is 181 Å². The monoisotopic (exact) mass is 461 g/mol. The van der Waals surface area contributed by atoms with Gasteiger partial charge in [-0.3, -0.25) is 9.52 Å². The molecule has 0 fully saturated rings. The van der Waals surface area contributed by atoms with Crippen LogP contribution in [0.4, 0.5) is 5.13 Å². The minimum absolute atomic E-state index is 0.0859. The highest BCUT2D eigenvalue weighted by molar-refractivity contribution is 7.93. The maximum Gasteiger partial charge on any atom is 0.263 e. The van der Waals surface area contributed by atoms with Gasteiger partial charge in [-0.15, -0.1) is 0 Å². The molecular weight excluding hydrogens is 446 g/mol. The van der Waals surface area contributed by atoms with Gasteiger partial charge in [0, 0.05) is 23.6 Å². The number of nitrogens with one attached hydrogen (secondary N) is 2. The Morgan fingerprint density at radius 1 is 1.13 bits per heavy atom. The average molecular weight is 462 g/mol.